The predicted octanol–water partition coefficient (Wildman–Crippen LogP) is 6.95. The number of benzene rings is 3. The summed E-state index contributed by atoms with van der Waals surface area (Å²) >= 11 is 15.6. The Kier molecular flexibility index (Phi) is 8.34. The number of aryl methyl sites for hydroxylation is 1. The average molecular weight is 588 g/mol. The lowest BCUT2D eigenvalue weighted by atomic mass is 10.2. The van der Waals surface area contributed by atoms with Crippen LogP contribution in [0, 0.1) is 0 Å². The SMILES string of the molecule is CCCc1nc2ccc(Br)cc2c(=O)n1N=Cc1ccc(N(C)C)cc1OCc1ccc(Cl)c(Cl)c1. The maximum absolute atomic E-state index is 13.3. The highest BCUT2D eigenvalue weighted by molar-refractivity contribution is 9.10. The summed E-state index contributed by atoms with van der Waals surface area (Å²) in [5.74, 6) is 1.23. The highest BCUT2D eigenvalue weighted by Crippen LogP contribution is 2.27. The maximum atomic E-state index is 13.3. The Bertz CT molecular complexity index is 1500. The van der Waals surface area contributed by atoms with Crippen molar-refractivity contribution in [3.8, 4) is 5.75 Å². The Hall–Kier alpha value is -2.87. The minimum absolute atomic E-state index is 0.218. The first-order valence-corrected chi connectivity index (χ1v) is 13.0. The summed E-state index contributed by atoms with van der Waals surface area (Å²) in [5.41, 5.74) is 3.01. The topological polar surface area (TPSA) is 59.7 Å². The lowest BCUT2D eigenvalue weighted by Gasteiger charge is -2.16. The molecule has 36 heavy (non-hydrogen) atoms. The van der Waals surface area contributed by atoms with Gasteiger partial charge >= 0.3 is 0 Å². The van der Waals surface area contributed by atoms with Crippen LogP contribution in [-0.2, 0) is 13.0 Å². The summed E-state index contributed by atoms with van der Waals surface area (Å²) in [5, 5.41) is 6.02. The first kappa shape index (κ1) is 26.2. The molecule has 0 aliphatic carbocycles. The zero-order valence-electron chi connectivity index (χ0n) is 20.1. The van der Waals surface area contributed by atoms with Gasteiger partial charge < -0.3 is 9.64 Å². The molecule has 0 bridgehead atoms. The Morgan fingerprint density at radius 3 is 2.61 bits per heavy atom. The molecule has 4 aromatic rings. The van der Waals surface area contributed by atoms with Crippen molar-refractivity contribution in [1.29, 1.82) is 0 Å². The molecular weight excluding hydrogens is 563 g/mol. The van der Waals surface area contributed by atoms with E-state index in [-0.39, 0.29) is 5.56 Å². The molecule has 0 unspecified atom stereocenters. The third-order valence-electron chi connectivity index (χ3n) is 5.55. The van der Waals surface area contributed by atoms with E-state index in [1.807, 2.05) is 62.3 Å². The van der Waals surface area contributed by atoms with Gasteiger partial charge in [0.05, 0.1) is 27.2 Å². The number of nitrogens with zero attached hydrogens (tertiary/aromatic N) is 4. The van der Waals surface area contributed by atoms with Crippen molar-refractivity contribution in [2.45, 2.75) is 26.4 Å². The van der Waals surface area contributed by atoms with E-state index >= 15 is 0 Å². The fourth-order valence-electron chi connectivity index (χ4n) is 3.64. The van der Waals surface area contributed by atoms with Gasteiger partial charge in [0.2, 0.25) is 0 Å². The van der Waals surface area contributed by atoms with Crippen LogP contribution < -0.4 is 15.2 Å². The van der Waals surface area contributed by atoms with E-state index in [1.54, 1.807) is 24.4 Å². The van der Waals surface area contributed by atoms with E-state index in [2.05, 4.69) is 21.0 Å². The van der Waals surface area contributed by atoms with Gasteiger partial charge in [-0.05, 0) is 54.4 Å². The molecule has 6 nitrogen and oxygen atoms in total. The quantitative estimate of drug-likeness (QED) is 0.209. The van der Waals surface area contributed by atoms with E-state index in [4.69, 9.17) is 32.9 Å². The Balaban J connectivity index is 1.73. The van der Waals surface area contributed by atoms with Crippen molar-refractivity contribution >= 4 is 61.9 Å². The van der Waals surface area contributed by atoms with Crippen LogP contribution in [0.3, 0.4) is 0 Å². The van der Waals surface area contributed by atoms with Gasteiger partial charge in [-0.3, -0.25) is 4.79 Å². The molecular formula is C27H25BrCl2N4O2. The molecule has 0 atom stereocenters. The molecule has 0 saturated heterocycles. The van der Waals surface area contributed by atoms with Crippen LogP contribution in [0.1, 0.15) is 30.3 Å². The van der Waals surface area contributed by atoms with Crippen molar-refractivity contribution in [3.63, 3.8) is 0 Å². The highest BCUT2D eigenvalue weighted by Gasteiger charge is 2.12. The Morgan fingerprint density at radius 2 is 1.89 bits per heavy atom. The molecule has 0 aliphatic heterocycles. The Labute approximate surface area is 228 Å². The van der Waals surface area contributed by atoms with Crippen molar-refractivity contribution in [2.75, 3.05) is 19.0 Å². The van der Waals surface area contributed by atoms with Gasteiger partial charge in [0.1, 0.15) is 18.2 Å². The van der Waals surface area contributed by atoms with Crippen molar-refractivity contribution in [1.82, 2.24) is 9.66 Å². The summed E-state index contributed by atoms with van der Waals surface area (Å²) < 4.78 is 8.35. The number of halogens is 3. The fourth-order valence-corrected chi connectivity index (χ4v) is 4.32. The lowest BCUT2D eigenvalue weighted by molar-refractivity contribution is 0.306. The van der Waals surface area contributed by atoms with Gasteiger partial charge in [0.25, 0.3) is 5.56 Å². The smallest absolute Gasteiger partial charge is 0.282 e. The molecule has 0 saturated carbocycles. The summed E-state index contributed by atoms with van der Waals surface area (Å²) in [6.07, 6.45) is 3.09. The van der Waals surface area contributed by atoms with E-state index in [0.717, 1.165) is 27.7 Å². The normalized spacial score (nSPS) is 11.4. The number of anilines is 1. The van der Waals surface area contributed by atoms with Gasteiger partial charge in [0, 0.05) is 42.3 Å². The van der Waals surface area contributed by atoms with Crippen molar-refractivity contribution in [2.24, 2.45) is 5.10 Å². The average Bonchev–Trinajstić information content (AvgIpc) is 2.85. The van der Waals surface area contributed by atoms with Gasteiger partial charge in [-0.2, -0.15) is 9.78 Å². The van der Waals surface area contributed by atoms with Crippen LogP contribution in [-0.4, -0.2) is 30.0 Å². The second-order valence-electron chi connectivity index (χ2n) is 8.45. The van der Waals surface area contributed by atoms with Gasteiger partial charge in [-0.25, -0.2) is 4.98 Å². The predicted molar refractivity (Wildman–Crippen MR) is 152 cm³/mol. The van der Waals surface area contributed by atoms with Gasteiger partial charge in [0.15, 0.2) is 0 Å². The summed E-state index contributed by atoms with van der Waals surface area (Å²) in [4.78, 5) is 20.0. The molecule has 0 N–H and O–H groups in total. The van der Waals surface area contributed by atoms with Crippen molar-refractivity contribution < 1.29 is 4.74 Å². The minimum Gasteiger partial charge on any atom is -0.488 e. The van der Waals surface area contributed by atoms with Crippen LogP contribution in [0.25, 0.3) is 10.9 Å². The number of hydrogen-bond donors (Lipinski definition) is 0. The fraction of sp³-hybridized carbons (Fsp3) is 0.222. The number of aromatic nitrogens is 2. The molecule has 186 valence electrons. The minimum atomic E-state index is -0.218. The number of hydrogen-bond acceptors (Lipinski definition) is 5. The molecule has 0 fully saturated rings. The number of ether oxygens (including phenoxy) is 1. The zero-order valence-corrected chi connectivity index (χ0v) is 23.2. The van der Waals surface area contributed by atoms with Crippen LogP contribution >= 0.6 is 39.1 Å². The van der Waals surface area contributed by atoms with Gasteiger partial charge in [-0.15, -0.1) is 0 Å². The largest absolute Gasteiger partial charge is 0.488 e. The molecule has 4 rings (SSSR count). The van der Waals surface area contributed by atoms with Crippen LogP contribution in [0.5, 0.6) is 5.75 Å². The standard InChI is InChI=1S/C27H25BrCl2N4O2/c1-4-5-26-32-24-11-8-19(28)13-21(24)27(35)34(26)31-15-18-7-9-20(33(2)3)14-25(18)36-16-17-6-10-22(29)23(30)12-17/h6-15H,4-5,16H2,1-3H3. The maximum Gasteiger partial charge on any atom is 0.282 e. The first-order valence-electron chi connectivity index (χ1n) is 11.4. The van der Waals surface area contributed by atoms with E-state index in [9.17, 15) is 4.79 Å². The summed E-state index contributed by atoms with van der Waals surface area (Å²) in [6.45, 7) is 2.34. The third kappa shape index (κ3) is 5.91. The molecule has 1 aromatic heterocycles. The lowest BCUT2D eigenvalue weighted by Crippen LogP contribution is -2.22. The van der Waals surface area contributed by atoms with E-state index in [1.165, 1.54) is 4.68 Å². The summed E-state index contributed by atoms with van der Waals surface area (Å²) in [7, 11) is 3.92. The molecule has 0 spiro atoms. The second kappa shape index (κ2) is 11.5. The molecule has 0 aliphatic rings. The molecule has 9 heteroatoms. The molecule has 1 heterocycles. The zero-order chi connectivity index (χ0) is 25.8. The van der Waals surface area contributed by atoms with Crippen LogP contribution in [0.15, 0.2) is 69.0 Å². The van der Waals surface area contributed by atoms with E-state index < -0.39 is 0 Å². The monoisotopic (exact) mass is 586 g/mol. The first-order chi connectivity index (χ1) is 17.3. The van der Waals surface area contributed by atoms with Crippen molar-refractivity contribution in [3.05, 3.63) is 96.4 Å². The van der Waals surface area contributed by atoms with Crippen LogP contribution in [0.4, 0.5) is 5.69 Å². The number of rotatable bonds is 8. The highest BCUT2D eigenvalue weighted by atomic mass is 79.9. The van der Waals surface area contributed by atoms with E-state index in [0.29, 0.717) is 45.5 Å². The Morgan fingerprint density at radius 1 is 1.08 bits per heavy atom. The van der Waals surface area contributed by atoms with Crippen LogP contribution in [0.2, 0.25) is 10.0 Å². The third-order valence-corrected chi connectivity index (χ3v) is 6.79. The second-order valence-corrected chi connectivity index (χ2v) is 10.2. The molecule has 0 radical (unpaired) electrons. The number of fused-ring (bicyclic) bond motifs is 1. The summed E-state index contributed by atoms with van der Waals surface area (Å²) in [6, 6.07) is 16.7. The molecule has 3 aromatic carbocycles. The van der Waals surface area contributed by atoms with Gasteiger partial charge in [-0.1, -0.05) is 52.1 Å². The molecule has 0 amide bonds.